The number of aliphatic hydroxyl groups is 1. The number of nitrogens with zero attached hydrogens (tertiary/aromatic N) is 3. The monoisotopic (exact) mass is 509 g/mol. The lowest BCUT2D eigenvalue weighted by Gasteiger charge is -2.29. The van der Waals surface area contributed by atoms with E-state index in [9.17, 15) is 18.3 Å². The van der Waals surface area contributed by atoms with E-state index in [1.165, 1.54) is 6.42 Å². The number of hydrogen-bond donors (Lipinski definition) is 1. The molecule has 1 N–H and O–H groups in total. The van der Waals surface area contributed by atoms with E-state index in [0.29, 0.717) is 30.6 Å². The van der Waals surface area contributed by atoms with Crippen LogP contribution < -0.4 is 0 Å². The third-order valence-electron chi connectivity index (χ3n) is 7.31. The lowest BCUT2D eigenvalue weighted by molar-refractivity contribution is -0.136. The molecule has 4 aromatic rings. The number of likely N-dealkylation sites (tertiary alicyclic amines) is 1. The van der Waals surface area contributed by atoms with E-state index in [1.54, 1.807) is 30.3 Å². The second kappa shape index (κ2) is 9.46. The maximum atomic E-state index is 14.2. The van der Waals surface area contributed by atoms with Crippen molar-refractivity contribution in [2.24, 2.45) is 0 Å². The van der Waals surface area contributed by atoms with Crippen LogP contribution in [0.2, 0.25) is 0 Å². The number of piperidine rings is 1. The number of rotatable bonds is 5. The second-order valence-corrected chi connectivity index (χ2v) is 9.73. The van der Waals surface area contributed by atoms with Crippen LogP contribution in [0.25, 0.3) is 34.0 Å². The van der Waals surface area contributed by atoms with Crippen molar-refractivity contribution in [3.05, 3.63) is 70.8 Å². The highest BCUT2D eigenvalue weighted by atomic mass is 19.4. The molecule has 9 heteroatoms. The SMILES string of the molecule is O[C@@H](CN1CCCCC1)c1ccc2c(c1)CCc1c-2noc1-c1noc(-c2ccccc2)c1C(F)(F)F. The Balaban J connectivity index is 1.33. The van der Waals surface area contributed by atoms with Gasteiger partial charge < -0.3 is 19.1 Å². The number of aliphatic hydroxyl groups excluding tert-OH is 1. The highest BCUT2D eigenvalue weighted by Crippen LogP contribution is 2.46. The van der Waals surface area contributed by atoms with Gasteiger partial charge in [-0.25, -0.2) is 0 Å². The Bertz CT molecular complexity index is 1410. The summed E-state index contributed by atoms with van der Waals surface area (Å²) >= 11 is 0. The molecule has 1 aliphatic carbocycles. The van der Waals surface area contributed by atoms with Gasteiger partial charge in [0, 0.05) is 23.2 Å². The zero-order chi connectivity index (χ0) is 25.6. The minimum absolute atomic E-state index is 0.0203. The summed E-state index contributed by atoms with van der Waals surface area (Å²) in [5, 5.41) is 18.8. The molecule has 3 heterocycles. The van der Waals surface area contributed by atoms with Crippen molar-refractivity contribution in [3.8, 4) is 34.0 Å². The fourth-order valence-corrected chi connectivity index (χ4v) is 5.44. The molecule has 192 valence electrons. The molecule has 0 spiro atoms. The Labute approximate surface area is 211 Å². The molecule has 6 rings (SSSR count). The van der Waals surface area contributed by atoms with Crippen LogP contribution in [0.4, 0.5) is 13.2 Å². The zero-order valence-electron chi connectivity index (χ0n) is 20.1. The summed E-state index contributed by atoms with van der Waals surface area (Å²) in [5.41, 5.74) is 2.62. The second-order valence-electron chi connectivity index (χ2n) is 9.73. The Hall–Kier alpha value is -3.43. The molecule has 1 fully saturated rings. The maximum Gasteiger partial charge on any atom is 0.422 e. The molecular weight excluding hydrogens is 483 g/mol. The molecule has 37 heavy (non-hydrogen) atoms. The fraction of sp³-hybridized carbons (Fsp3) is 0.357. The van der Waals surface area contributed by atoms with Crippen molar-refractivity contribution in [3.63, 3.8) is 0 Å². The molecule has 0 bridgehead atoms. The van der Waals surface area contributed by atoms with Gasteiger partial charge in [-0.1, -0.05) is 65.3 Å². The summed E-state index contributed by atoms with van der Waals surface area (Å²) in [4.78, 5) is 2.29. The molecule has 1 aliphatic heterocycles. The number of β-amino-alcohol motifs (C(OH)–C–C–N with tert-alkyl or cyclic N) is 1. The van der Waals surface area contributed by atoms with Gasteiger partial charge in [0.25, 0.3) is 0 Å². The van der Waals surface area contributed by atoms with Crippen molar-refractivity contribution in [2.75, 3.05) is 19.6 Å². The normalized spacial score (nSPS) is 16.9. The van der Waals surface area contributed by atoms with Crippen LogP contribution in [-0.4, -0.2) is 40.0 Å². The lowest BCUT2D eigenvalue weighted by Crippen LogP contribution is -2.33. The number of hydrogen-bond acceptors (Lipinski definition) is 6. The van der Waals surface area contributed by atoms with E-state index in [0.717, 1.165) is 42.6 Å². The smallest absolute Gasteiger partial charge is 0.387 e. The van der Waals surface area contributed by atoms with Crippen LogP contribution in [-0.2, 0) is 19.0 Å². The number of aromatic nitrogens is 2. The molecule has 2 aliphatic rings. The van der Waals surface area contributed by atoms with Gasteiger partial charge >= 0.3 is 6.18 Å². The summed E-state index contributed by atoms with van der Waals surface area (Å²) in [6.45, 7) is 2.59. The predicted octanol–water partition coefficient (Wildman–Crippen LogP) is 6.30. The molecule has 2 aromatic heterocycles. The van der Waals surface area contributed by atoms with Gasteiger partial charge in [0.1, 0.15) is 11.3 Å². The lowest BCUT2D eigenvalue weighted by atomic mass is 9.86. The fourth-order valence-electron chi connectivity index (χ4n) is 5.44. The number of alkyl halides is 3. The highest BCUT2D eigenvalue weighted by Gasteiger charge is 2.43. The van der Waals surface area contributed by atoms with E-state index >= 15 is 0 Å². The van der Waals surface area contributed by atoms with Crippen LogP contribution in [0, 0.1) is 0 Å². The van der Waals surface area contributed by atoms with Crippen molar-refractivity contribution in [2.45, 2.75) is 44.4 Å². The van der Waals surface area contributed by atoms with Crippen LogP contribution in [0.15, 0.2) is 57.6 Å². The third kappa shape index (κ3) is 4.46. The van der Waals surface area contributed by atoms with Crippen LogP contribution in [0.3, 0.4) is 0 Å². The molecule has 2 aromatic carbocycles. The van der Waals surface area contributed by atoms with Gasteiger partial charge in [0.2, 0.25) is 0 Å². The molecule has 0 amide bonds. The predicted molar refractivity (Wildman–Crippen MR) is 131 cm³/mol. The molecule has 6 nitrogen and oxygen atoms in total. The summed E-state index contributed by atoms with van der Waals surface area (Å²) in [6.07, 6.45) is -0.723. The van der Waals surface area contributed by atoms with E-state index in [-0.39, 0.29) is 17.1 Å². The first-order chi connectivity index (χ1) is 17.9. The summed E-state index contributed by atoms with van der Waals surface area (Å²) in [6, 6.07) is 13.8. The highest BCUT2D eigenvalue weighted by molar-refractivity contribution is 5.79. The molecule has 0 saturated carbocycles. The van der Waals surface area contributed by atoms with E-state index < -0.39 is 23.5 Å². The molecule has 1 atom stereocenters. The van der Waals surface area contributed by atoms with Crippen LogP contribution in [0.1, 0.15) is 47.6 Å². The number of aryl methyl sites for hydroxylation is 1. The van der Waals surface area contributed by atoms with Crippen LogP contribution in [0.5, 0.6) is 0 Å². The maximum absolute atomic E-state index is 14.2. The van der Waals surface area contributed by atoms with Gasteiger partial charge in [-0.3, -0.25) is 0 Å². The van der Waals surface area contributed by atoms with E-state index in [2.05, 4.69) is 15.2 Å². The molecular formula is C28H26F3N3O3. The van der Waals surface area contributed by atoms with Crippen LogP contribution >= 0.6 is 0 Å². The van der Waals surface area contributed by atoms with Gasteiger partial charge in [0.05, 0.1) is 6.10 Å². The largest absolute Gasteiger partial charge is 0.422 e. The van der Waals surface area contributed by atoms with E-state index in [1.807, 2.05) is 18.2 Å². The Morgan fingerprint density at radius 2 is 1.62 bits per heavy atom. The van der Waals surface area contributed by atoms with Gasteiger partial charge in [-0.05, 0) is 49.9 Å². The minimum Gasteiger partial charge on any atom is -0.387 e. The van der Waals surface area contributed by atoms with Crippen molar-refractivity contribution >= 4 is 0 Å². The molecule has 0 unspecified atom stereocenters. The van der Waals surface area contributed by atoms with Crippen molar-refractivity contribution in [1.29, 1.82) is 0 Å². The first-order valence-corrected chi connectivity index (χ1v) is 12.5. The average Bonchev–Trinajstić information content (AvgIpc) is 3.54. The Kier molecular flexibility index (Phi) is 6.12. The summed E-state index contributed by atoms with van der Waals surface area (Å²) in [7, 11) is 0. The standard InChI is InChI=1S/C28H26F3N3O3/c29-28(30,31)23-25(33-36-26(23)17-7-3-1-4-8-17)27-21-12-9-18-15-19(10-11-20(18)24(21)32-37-27)22(35)16-34-13-5-2-6-14-34/h1,3-4,7-8,10-11,15,22,35H,2,5-6,9,12-14,16H2/t22-/m0/s1. The van der Waals surface area contributed by atoms with Gasteiger partial charge in [-0.15, -0.1) is 0 Å². The topological polar surface area (TPSA) is 75.5 Å². The number of halogens is 3. The quantitative estimate of drug-likeness (QED) is 0.340. The minimum atomic E-state index is -4.70. The molecule has 0 radical (unpaired) electrons. The first kappa shape index (κ1) is 23.9. The van der Waals surface area contributed by atoms with Gasteiger partial charge in [-0.2, -0.15) is 13.2 Å². The third-order valence-corrected chi connectivity index (χ3v) is 7.31. The van der Waals surface area contributed by atoms with E-state index in [4.69, 9.17) is 9.05 Å². The summed E-state index contributed by atoms with van der Waals surface area (Å²) in [5.74, 6) is -0.370. The molecule has 1 saturated heterocycles. The first-order valence-electron chi connectivity index (χ1n) is 12.5. The number of benzene rings is 2. The van der Waals surface area contributed by atoms with Crippen molar-refractivity contribution in [1.82, 2.24) is 15.2 Å². The number of fused-ring (bicyclic) bond motifs is 3. The average molecular weight is 510 g/mol. The zero-order valence-corrected chi connectivity index (χ0v) is 20.1. The van der Waals surface area contributed by atoms with Gasteiger partial charge in [0.15, 0.2) is 17.2 Å². The van der Waals surface area contributed by atoms with Crippen molar-refractivity contribution < 1.29 is 27.3 Å². The Morgan fingerprint density at radius 3 is 2.38 bits per heavy atom. The Morgan fingerprint density at radius 1 is 0.892 bits per heavy atom. The summed E-state index contributed by atoms with van der Waals surface area (Å²) < 4.78 is 53.3.